The highest BCUT2D eigenvalue weighted by molar-refractivity contribution is 7.88. The third-order valence-corrected chi connectivity index (χ3v) is 4.69. The van der Waals surface area contributed by atoms with Gasteiger partial charge in [-0.2, -0.15) is 87.4 Å². The Hall–Kier alpha value is -1.78. The summed E-state index contributed by atoms with van der Waals surface area (Å²) in [6.07, 6.45) is -16.0. The third kappa shape index (κ3) is 3.82. The van der Waals surface area contributed by atoms with E-state index in [-0.39, 0.29) is 0 Å². The van der Waals surface area contributed by atoms with Crippen LogP contribution in [0.5, 0.6) is 0 Å². The number of alkyl halides is 19. The van der Waals surface area contributed by atoms with Gasteiger partial charge in [-0.05, 0) is 0 Å². The van der Waals surface area contributed by atoms with Crippen molar-refractivity contribution in [3.05, 3.63) is 0 Å². The van der Waals surface area contributed by atoms with Crippen LogP contribution < -0.4 is 0 Å². The molecule has 0 amide bonds. The molecule has 0 aromatic carbocycles. The van der Waals surface area contributed by atoms with Crippen LogP contribution in [0.25, 0.3) is 0 Å². The van der Waals surface area contributed by atoms with E-state index in [1.54, 1.807) is 0 Å². The molecule has 1 unspecified atom stereocenters. The largest absolute Gasteiger partial charge is 0.460 e. The minimum atomic E-state index is -9.13. The molecule has 1 atom stereocenters. The lowest BCUT2D eigenvalue weighted by Gasteiger charge is -2.41. The van der Waals surface area contributed by atoms with Crippen LogP contribution in [0.4, 0.5) is 87.3 Å². The van der Waals surface area contributed by atoms with Crippen LogP contribution in [-0.2, 0) is 15.0 Å². The molecule has 24 heteroatoms. The SMILES string of the molecule is O=C(C(F)(F)C(F)(F)C(F)(F)C(F)(F)C(F)(F)C(F)(F)C(F)(F)F)C(F)(C(F)(F)F)S(=O)(=O)F. The van der Waals surface area contributed by atoms with Gasteiger partial charge in [0.05, 0.1) is 0 Å². The molecular weight excluding hydrogens is 580 g/mol. The van der Waals surface area contributed by atoms with Crippen LogP contribution in [-0.4, -0.2) is 67.1 Å². The van der Waals surface area contributed by atoms with Gasteiger partial charge in [0.15, 0.2) is 0 Å². The van der Waals surface area contributed by atoms with Gasteiger partial charge in [-0.3, -0.25) is 4.79 Å². The normalized spacial score (nSPS) is 18.0. The molecule has 0 radical (unpaired) electrons. The number of rotatable bonds is 8. The highest BCUT2D eigenvalue weighted by atomic mass is 32.3. The Labute approximate surface area is 170 Å². The van der Waals surface area contributed by atoms with Gasteiger partial charge in [0.25, 0.3) is 5.78 Å². The van der Waals surface area contributed by atoms with Crippen molar-refractivity contribution in [3.63, 3.8) is 0 Å². The predicted octanol–water partition coefficient (Wildman–Crippen LogP) is 5.46. The molecule has 0 aliphatic rings. The van der Waals surface area contributed by atoms with Gasteiger partial charge in [-0.1, -0.05) is 0 Å². The molecule has 0 rings (SSSR count). The average Bonchev–Trinajstić information content (AvgIpc) is 2.56. The molecule has 0 saturated heterocycles. The predicted molar refractivity (Wildman–Crippen MR) is 60.7 cm³/mol. The molecule has 0 aromatic rings. The summed E-state index contributed by atoms with van der Waals surface area (Å²) in [5.74, 6) is -59.1. The minimum Gasteiger partial charge on any atom is -0.287 e. The second kappa shape index (κ2) is 7.61. The molecule has 0 heterocycles. The molecular formula is C10F20O3S. The molecule has 3 nitrogen and oxygen atoms in total. The van der Waals surface area contributed by atoms with Gasteiger partial charge in [-0.25, -0.2) is 4.39 Å². The fourth-order valence-electron chi connectivity index (χ4n) is 1.69. The van der Waals surface area contributed by atoms with Crippen LogP contribution in [0.2, 0.25) is 0 Å². The lowest BCUT2D eigenvalue weighted by atomic mass is 9.89. The highest BCUT2D eigenvalue weighted by Gasteiger charge is 2.95. The quantitative estimate of drug-likeness (QED) is 0.284. The summed E-state index contributed by atoms with van der Waals surface area (Å²) in [5, 5.41) is -7.99. The molecule has 0 aliphatic heterocycles. The van der Waals surface area contributed by atoms with Crippen molar-refractivity contribution >= 4 is 16.0 Å². The summed E-state index contributed by atoms with van der Waals surface area (Å²) >= 11 is 0. The van der Waals surface area contributed by atoms with E-state index in [9.17, 15) is 101 Å². The Morgan fingerprint density at radius 3 is 0.941 bits per heavy atom. The van der Waals surface area contributed by atoms with Crippen molar-refractivity contribution < 1.29 is 101 Å². The summed E-state index contributed by atoms with van der Waals surface area (Å²) in [6.45, 7) is 0. The van der Waals surface area contributed by atoms with Crippen LogP contribution in [0, 0.1) is 0 Å². The molecule has 0 fully saturated rings. The average molecular weight is 580 g/mol. The van der Waals surface area contributed by atoms with Crippen LogP contribution >= 0.6 is 0 Å². The Balaban J connectivity index is 7.18. The number of halogens is 20. The molecule has 0 aliphatic carbocycles. The summed E-state index contributed by atoms with van der Waals surface area (Å²) in [4.78, 5) is 10.8. The van der Waals surface area contributed by atoms with Crippen molar-refractivity contribution in [2.75, 3.05) is 0 Å². The van der Waals surface area contributed by atoms with Gasteiger partial charge in [0, 0.05) is 0 Å². The Kier molecular flexibility index (Phi) is 7.21. The van der Waals surface area contributed by atoms with Gasteiger partial charge >= 0.3 is 63.1 Å². The lowest BCUT2D eigenvalue weighted by Crippen LogP contribution is -2.75. The molecule has 204 valence electrons. The molecule has 34 heavy (non-hydrogen) atoms. The first-order valence-corrected chi connectivity index (χ1v) is 8.12. The maximum Gasteiger partial charge on any atom is 0.460 e. The topological polar surface area (TPSA) is 51.2 Å². The summed E-state index contributed by atoms with van der Waals surface area (Å²) in [7, 11) is -8.62. The van der Waals surface area contributed by atoms with E-state index in [4.69, 9.17) is 0 Å². The van der Waals surface area contributed by atoms with E-state index < -0.39 is 68.9 Å². The highest BCUT2D eigenvalue weighted by Crippen LogP contribution is 2.63. The maximum atomic E-state index is 13.4. The summed E-state index contributed by atoms with van der Waals surface area (Å²) in [5.41, 5.74) is 0. The zero-order valence-electron chi connectivity index (χ0n) is 14.2. The number of Topliss-reactive ketones (excluding diaryl/α,β-unsaturated/α-hetero) is 1. The fourth-order valence-corrected chi connectivity index (χ4v) is 2.31. The molecule has 0 bridgehead atoms. The van der Waals surface area contributed by atoms with Crippen molar-refractivity contribution in [2.45, 2.75) is 52.9 Å². The number of carbonyl (C=O) groups excluding carboxylic acids is 1. The van der Waals surface area contributed by atoms with Crippen LogP contribution in [0.3, 0.4) is 0 Å². The minimum absolute atomic E-state index is 5.92. The number of carbonyl (C=O) groups is 1. The monoisotopic (exact) mass is 580 g/mol. The van der Waals surface area contributed by atoms with E-state index in [1.807, 2.05) is 0 Å². The van der Waals surface area contributed by atoms with Gasteiger partial charge in [0.2, 0.25) is 0 Å². The summed E-state index contributed by atoms with van der Waals surface area (Å²) < 4.78 is 276. The Bertz CT molecular complexity index is 910. The van der Waals surface area contributed by atoms with E-state index in [1.165, 1.54) is 0 Å². The molecule has 0 spiro atoms. The summed E-state index contributed by atoms with van der Waals surface area (Å²) in [6, 6.07) is 0. The first kappa shape index (κ1) is 32.2. The maximum absolute atomic E-state index is 13.4. The smallest absolute Gasteiger partial charge is 0.287 e. The van der Waals surface area contributed by atoms with Crippen molar-refractivity contribution in [1.82, 2.24) is 0 Å². The third-order valence-electron chi connectivity index (χ3n) is 3.61. The van der Waals surface area contributed by atoms with Crippen LogP contribution in [0.1, 0.15) is 0 Å². The van der Waals surface area contributed by atoms with Crippen molar-refractivity contribution in [1.29, 1.82) is 0 Å². The Morgan fingerprint density at radius 2 is 0.706 bits per heavy atom. The first-order chi connectivity index (χ1) is 14.2. The van der Waals surface area contributed by atoms with Gasteiger partial charge < -0.3 is 0 Å². The lowest BCUT2D eigenvalue weighted by molar-refractivity contribution is -0.449. The standard InChI is InChI=1S/C10F20O3S/c11-2(12,1(31)3(13,9(24,25)26)34(30,32)33)4(14,15)5(16,17)6(18,19)7(20,21)8(22,23)10(27,28)29. The number of ketones is 1. The zero-order chi connectivity index (χ0) is 28.6. The number of hydrogen-bond donors (Lipinski definition) is 0. The second-order valence-electron chi connectivity index (χ2n) is 5.80. The first-order valence-electron chi connectivity index (χ1n) is 6.74. The fraction of sp³-hybridized carbons (Fsp3) is 0.900. The number of hydrogen-bond acceptors (Lipinski definition) is 3. The van der Waals surface area contributed by atoms with Gasteiger partial charge in [-0.15, -0.1) is 3.89 Å². The zero-order valence-corrected chi connectivity index (χ0v) is 15.0. The van der Waals surface area contributed by atoms with Crippen molar-refractivity contribution in [2.24, 2.45) is 0 Å². The Morgan fingerprint density at radius 1 is 0.441 bits per heavy atom. The van der Waals surface area contributed by atoms with Crippen LogP contribution in [0.15, 0.2) is 0 Å². The molecule has 0 saturated carbocycles. The van der Waals surface area contributed by atoms with E-state index >= 15 is 0 Å². The molecule has 0 N–H and O–H groups in total. The van der Waals surface area contributed by atoms with Gasteiger partial charge in [0.1, 0.15) is 0 Å². The van der Waals surface area contributed by atoms with E-state index in [0.29, 0.717) is 0 Å². The second-order valence-corrected chi connectivity index (χ2v) is 7.24. The van der Waals surface area contributed by atoms with Crippen molar-refractivity contribution in [3.8, 4) is 0 Å². The molecule has 0 aromatic heterocycles. The van der Waals surface area contributed by atoms with E-state index in [0.717, 1.165) is 0 Å². The van der Waals surface area contributed by atoms with E-state index in [2.05, 4.69) is 0 Å².